The van der Waals surface area contributed by atoms with Crippen LogP contribution in [0.1, 0.15) is 24.2 Å². The van der Waals surface area contributed by atoms with Gasteiger partial charge in [0.05, 0.1) is 12.1 Å². The summed E-state index contributed by atoms with van der Waals surface area (Å²) in [6, 6.07) is 5.37. The van der Waals surface area contributed by atoms with E-state index >= 15 is 0 Å². The number of benzene rings is 1. The Morgan fingerprint density at radius 1 is 1.29 bits per heavy atom. The van der Waals surface area contributed by atoms with E-state index in [0.717, 1.165) is 11.0 Å². The third kappa shape index (κ3) is 3.77. The van der Waals surface area contributed by atoms with Gasteiger partial charge in [0.25, 0.3) is 5.91 Å². The molecule has 0 bridgehead atoms. The SMILES string of the molecule is CN(C(=O)CNC(=O)c1ccccc1F)C(C)(C)C(=O)O. The summed E-state index contributed by atoms with van der Waals surface area (Å²) in [7, 11) is 1.33. The number of hydrogen-bond donors (Lipinski definition) is 2. The first-order valence-electron chi connectivity index (χ1n) is 6.20. The van der Waals surface area contributed by atoms with Crippen LogP contribution >= 0.6 is 0 Å². The molecule has 1 rings (SSSR count). The largest absolute Gasteiger partial charge is 0.480 e. The predicted octanol–water partition coefficient (Wildman–Crippen LogP) is 0.877. The van der Waals surface area contributed by atoms with Crippen LogP contribution in [0.2, 0.25) is 0 Å². The molecule has 1 aromatic carbocycles. The average molecular weight is 296 g/mol. The molecule has 1 aromatic rings. The Morgan fingerprint density at radius 3 is 2.38 bits per heavy atom. The molecule has 0 aliphatic rings. The van der Waals surface area contributed by atoms with Crippen molar-refractivity contribution < 1.29 is 23.9 Å². The normalized spacial score (nSPS) is 10.9. The van der Waals surface area contributed by atoms with Crippen LogP contribution in [0.5, 0.6) is 0 Å². The number of rotatable bonds is 5. The van der Waals surface area contributed by atoms with Crippen LogP contribution < -0.4 is 5.32 Å². The molecule has 0 fully saturated rings. The van der Waals surface area contributed by atoms with Crippen molar-refractivity contribution in [2.24, 2.45) is 0 Å². The number of aliphatic carboxylic acids is 1. The van der Waals surface area contributed by atoms with Crippen molar-refractivity contribution in [1.29, 1.82) is 0 Å². The highest BCUT2D eigenvalue weighted by atomic mass is 19.1. The van der Waals surface area contributed by atoms with Crippen LogP contribution in [-0.4, -0.2) is 46.9 Å². The van der Waals surface area contributed by atoms with Gasteiger partial charge in [0, 0.05) is 7.05 Å². The van der Waals surface area contributed by atoms with Crippen LogP contribution in [0.15, 0.2) is 24.3 Å². The predicted molar refractivity (Wildman–Crippen MR) is 73.2 cm³/mol. The Morgan fingerprint density at radius 2 is 1.86 bits per heavy atom. The Hall–Kier alpha value is -2.44. The van der Waals surface area contributed by atoms with Crippen LogP contribution in [0.3, 0.4) is 0 Å². The van der Waals surface area contributed by atoms with Crippen molar-refractivity contribution in [1.82, 2.24) is 10.2 Å². The van der Waals surface area contributed by atoms with Crippen molar-refractivity contribution >= 4 is 17.8 Å². The molecule has 0 aliphatic carbocycles. The van der Waals surface area contributed by atoms with Crippen molar-refractivity contribution in [2.45, 2.75) is 19.4 Å². The van der Waals surface area contributed by atoms with E-state index < -0.39 is 35.7 Å². The number of nitrogens with one attached hydrogen (secondary N) is 1. The Kier molecular flexibility index (Phi) is 5.02. The van der Waals surface area contributed by atoms with E-state index in [1.165, 1.54) is 39.1 Å². The van der Waals surface area contributed by atoms with E-state index in [2.05, 4.69) is 5.32 Å². The molecule has 0 saturated heterocycles. The maximum atomic E-state index is 13.4. The van der Waals surface area contributed by atoms with Gasteiger partial charge in [-0.25, -0.2) is 9.18 Å². The molecule has 21 heavy (non-hydrogen) atoms. The maximum absolute atomic E-state index is 13.4. The smallest absolute Gasteiger partial charge is 0.329 e. The highest BCUT2D eigenvalue weighted by Crippen LogP contribution is 2.12. The average Bonchev–Trinajstić information content (AvgIpc) is 2.43. The van der Waals surface area contributed by atoms with E-state index in [4.69, 9.17) is 5.11 Å². The van der Waals surface area contributed by atoms with Crippen LogP contribution in [-0.2, 0) is 9.59 Å². The van der Waals surface area contributed by atoms with E-state index in [1.807, 2.05) is 0 Å². The van der Waals surface area contributed by atoms with Crippen molar-refractivity contribution in [2.75, 3.05) is 13.6 Å². The molecule has 2 N–H and O–H groups in total. The number of carbonyl (C=O) groups excluding carboxylic acids is 2. The molecule has 0 atom stereocenters. The first kappa shape index (κ1) is 16.6. The monoisotopic (exact) mass is 296 g/mol. The van der Waals surface area contributed by atoms with Crippen LogP contribution in [0.4, 0.5) is 4.39 Å². The minimum atomic E-state index is -1.40. The lowest BCUT2D eigenvalue weighted by atomic mass is 10.0. The standard InChI is InChI=1S/C14H17FN2O4/c1-14(2,13(20)21)17(3)11(18)8-16-12(19)9-6-4-5-7-10(9)15/h4-7H,8H2,1-3H3,(H,16,19)(H,20,21). The zero-order chi connectivity index (χ0) is 16.2. The van der Waals surface area contributed by atoms with Crippen LogP contribution in [0, 0.1) is 5.82 Å². The number of carbonyl (C=O) groups is 3. The lowest BCUT2D eigenvalue weighted by molar-refractivity contribution is -0.154. The molecular formula is C14H17FN2O4. The van der Waals surface area contributed by atoms with Crippen LogP contribution in [0.25, 0.3) is 0 Å². The number of halogens is 1. The summed E-state index contributed by atoms with van der Waals surface area (Å²) < 4.78 is 13.4. The zero-order valence-corrected chi connectivity index (χ0v) is 12.0. The lowest BCUT2D eigenvalue weighted by Crippen LogP contribution is -2.53. The summed E-state index contributed by atoms with van der Waals surface area (Å²) in [6.45, 7) is 2.32. The second-order valence-corrected chi connectivity index (χ2v) is 4.98. The number of nitrogens with zero attached hydrogens (tertiary/aromatic N) is 1. The van der Waals surface area contributed by atoms with E-state index in [1.54, 1.807) is 0 Å². The highest BCUT2D eigenvalue weighted by molar-refractivity contribution is 5.97. The summed E-state index contributed by atoms with van der Waals surface area (Å²) in [5.74, 6) is -3.18. The Balaban J connectivity index is 2.68. The minimum absolute atomic E-state index is 0.176. The molecule has 0 spiro atoms. The Labute approximate surface area is 121 Å². The third-order valence-electron chi connectivity index (χ3n) is 3.25. The molecular weight excluding hydrogens is 279 g/mol. The second kappa shape index (κ2) is 6.34. The van der Waals surface area contributed by atoms with Crippen molar-refractivity contribution in [3.05, 3.63) is 35.6 Å². The summed E-state index contributed by atoms with van der Waals surface area (Å²) in [5.41, 5.74) is -1.58. The summed E-state index contributed by atoms with van der Waals surface area (Å²) in [6.07, 6.45) is 0. The number of likely N-dealkylation sites (N-methyl/N-ethyl adjacent to an activating group) is 1. The Bertz CT molecular complexity index is 572. The molecule has 2 amide bonds. The molecule has 0 aliphatic heterocycles. The molecule has 0 saturated carbocycles. The summed E-state index contributed by atoms with van der Waals surface area (Å²) >= 11 is 0. The minimum Gasteiger partial charge on any atom is -0.480 e. The summed E-state index contributed by atoms with van der Waals surface area (Å²) in [4.78, 5) is 35.7. The molecule has 0 aromatic heterocycles. The maximum Gasteiger partial charge on any atom is 0.329 e. The zero-order valence-electron chi connectivity index (χ0n) is 12.0. The topological polar surface area (TPSA) is 86.7 Å². The van der Waals surface area contributed by atoms with Gasteiger partial charge in [0.2, 0.25) is 5.91 Å². The third-order valence-corrected chi connectivity index (χ3v) is 3.25. The van der Waals surface area contributed by atoms with Gasteiger partial charge in [-0.1, -0.05) is 12.1 Å². The fourth-order valence-corrected chi connectivity index (χ4v) is 1.47. The second-order valence-electron chi connectivity index (χ2n) is 4.98. The number of amides is 2. The lowest BCUT2D eigenvalue weighted by Gasteiger charge is -2.31. The number of carboxylic acids is 1. The van der Waals surface area contributed by atoms with Gasteiger partial charge >= 0.3 is 5.97 Å². The first-order valence-corrected chi connectivity index (χ1v) is 6.20. The van der Waals surface area contributed by atoms with Gasteiger partial charge in [-0.15, -0.1) is 0 Å². The van der Waals surface area contributed by atoms with Crippen molar-refractivity contribution in [3.63, 3.8) is 0 Å². The van der Waals surface area contributed by atoms with Crippen molar-refractivity contribution in [3.8, 4) is 0 Å². The summed E-state index contributed by atoms with van der Waals surface area (Å²) in [5, 5.41) is 11.3. The first-order chi connectivity index (χ1) is 9.67. The molecule has 7 heteroatoms. The van der Waals surface area contributed by atoms with E-state index in [9.17, 15) is 18.8 Å². The molecule has 0 radical (unpaired) electrons. The molecule has 6 nitrogen and oxygen atoms in total. The molecule has 0 heterocycles. The number of hydrogen-bond acceptors (Lipinski definition) is 3. The van der Waals surface area contributed by atoms with Gasteiger partial charge < -0.3 is 15.3 Å². The molecule has 0 unspecified atom stereocenters. The highest BCUT2D eigenvalue weighted by Gasteiger charge is 2.35. The fourth-order valence-electron chi connectivity index (χ4n) is 1.47. The quantitative estimate of drug-likeness (QED) is 0.844. The van der Waals surface area contributed by atoms with Gasteiger partial charge in [-0.05, 0) is 26.0 Å². The van der Waals surface area contributed by atoms with Gasteiger partial charge in [-0.2, -0.15) is 0 Å². The van der Waals surface area contributed by atoms with E-state index in [-0.39, 0.29) is 5.56 Å². The molecule has 114 valence electrons. The van der Waals surface area contributed by atoms with Gasteiger partial charge in [-0.3, -0.25) is 9.59 Å². The van der Waals surface area contributed by atoms with Gasteiger partial charge in [0.1, 0.15) is 11.4 Å². The fraction of sp³-hybridized carbons (Fsp3) is 0.357. The number of carboxylic acid groups (broad SMARTS) is 1. The van der Waals surface area contributed by atoms with E-state index in [0.29, 0.717) is 0 Å². The van der Waals surface area contributed by atoms with Gasteiger partial charge in [0.15, 0.2) is 0 Å².